The first-order valence-corrected chi connectivity index (χ1v) is 28.0. The second kappa shape index (κ2) is 19.8. The van der Waals surface area contributed by atoms with Gasteiger partial charge in [-0.3, -0.25) is 22.8 Å². The lowest BCUT2D eigenvalue weighted by molar-refractivity contribution is -0.571. The van der Waals surface area contributed by atoms with E-state index in [1.165, 1.54) is 0 Å². The monoisotopic (exact) mass is 1110 g/mol. The van der Waals surface area contributed by atoms with Crippen LogP contribution in [-0.4, -0.2) is 28.2 Å². The molecular weight excluding hydrogens is 1050 g/mol. The highest BCUT2D eigenvalue weighted by Gasteiger charge is 2.23. The molecule has 0 saturated carbocycles. The third-order valence-electron chi connectivity index (χ3n) is 16.2. The van der Waals surface area contributed by atoms with Crippen LogP contribution in [0.15, 0.2) is 291 Å². The Hall–Kier alpha value is -11.6. The van der Waals surface area contributed by atoms with E-state index in [-0.39, 0.29) is 33.5 Å². The predicted molar refractivity (Wildman–Crippen MR) is 350 cm³/mol. The average molecular weight is 1120 g/mol. The molecular formula is C78H51N7O. The highest BCUT2D eigenvalue weighted by atomic mass is 16.5. The molecule has 0 saturated heterocycles. The van der Waals surface area contributed by atoms with Gasteiger partial charge in [0.2, 0.25) is 0 Å². The van der Waals surface area contributed by atoms with Gasteiger partial charge in [-0.25, -0.2) is 9.97 Å². The number of aromatic nitrogens is 7. The summed E-state index contributed by atoms with van der Waals surface area (Å²) in [5, 5.41) is 5.96. The minimum Gasteiger partial charge on any atom is -0.458 e. The first-order valence-electron chi connectivity index (χ1n) is 34.5. The molecule has 86 heavy (non-hydrogen) atoms. The molecule has 6 aromatic heterocycles. The van der Waals surface area contributed by atoms with E-state index in [1.807, 2.05) is 138 Å². The van der Waals surface area contributed by atoms with E-state index in [0.717, 1.165) is 59.9 Å². The number of hydrogen-bond donors (Lipinski definition) is 0. The fraction of sp³-hybridized carbons (Fsp3) is 0.0128. The minimum absolute atomic E-state index is 0.0775. The van der Waals surface area contributed by atoms with E-state index in [4.69, 9.17) is 28.4 Å². The Bertz CT molecular complexity index is 5920. The molecule has 404 valence electrons. The normalized spacial score (nSPS) is 14.1. The van der Waals surface area contributed by atoms with E-state index in [2.05, 4.69) is 64.0 Å². The van der Waals surface area contributed by atoms with Gasteiger partial charge >= 0.3 is 0 Å². The Morgan fingerprint density at radius 2 is 0.884 bits per heavy atom. The van der Waals surface area contributed by atoms with Gasteiger partial charge in [-0.15, -0.1) is 0 Å². The third-order valence-corrected chi connectivity index (χ3v) is 16.2. The molecule has 0 unspecified atom stereocenters. The molecule has 0 amide bonds. The fourth-order valence-corrected chi connectivity index (χ4v) is 12.5. The van der Waals surface area contributed by atoms with Gasteiger partial charge in [0.05, 0.1) is 69.2 Å². The molecule has 17 rings (SSSR count). The highest BCUT2D eigenvalue weighted by molar-refractivity contribution is 6.11. The van der Waals surface area contributed by atoms with Crippen LogP contribution in [0.3, 0.4) is 0 Å². The molecule has 0 bridgehead atoms. The second-order valence-electron chi connectivity index (χ2n) is 21.0. The van der Waals surface area contributed by atoms with Crippen molar-refractivity contribution in [3.63, 3.8) is 0 Å². The van der Waals surface area contributed by atoms with Crippen molar-refractivity contribution < 1.29 is 27.1 Å². The SMILES string of the molecule is [2H]c1c([2H])c([2H])c(-c2cccc(-c3c([2H])c([2H])c([2H])c([2H])c3[2H])c2-[n+]2[c-]n(-c3cccc(Oc4ccc5c6ccccc6n(-c6cc(C([2H])([2H])[2H])c(-c7cc(-n8c9ccccc9c9ccccc98)nc(-n8c9ccccc9c9ccccc98)c7)cn6)c5c4)c3)c3ccccc32)c([2H])c1[2H]. The molecule has 0 fully saturated rings. The number of para-hydroxylation sites is 8. The number of ether oxygens (including phenoxy) is 1. The van der Waals surface area contributed by atoms with Gasteiger partial charge in [-0.2, -0.15) is 0 Å². The van der Waals surface area contributed by atoms with Crippen molar-refractivity contribution in [3.05, 3.63) is 303 Å². The average Bonchev–Trinajstić information content (AvgIpc) is 1.71. The summed E-state index contributed by atoms with van der Waals surface area (Å²) in [4.78, 5) is 10.7. The molecule has 8 nitrogen and oxygen atoms in total. The number of fused-ring (bicyclic) bond motifs is 10. The first kappa shape index (κ1) is 37.5. The maximum atomic E-state index is 9.30. The molecule has 0 radical (unpaired) electrons. The summed E-state index contributed by atoms with van der Waals surface area (Å²) in [7, 11) is 0. The van der Waals surface area contributed by atoms with Crippen LogP contribution in [0.2, 0.25) is 0 Å². The maximum Gasteiger partial charge on any atom is 0.269 e. The van der Waals surface area contributed by atoms with Crippen molar-refractivity contribution in [3.8, 4) is 73.7 Å². The van der Waals surface area contributed by atoms with Crippen LogP contribution in [0, 0.1) is 13.2 Å². The van der Waals surface area contributed by atoms with Crippen LogP contribution >= 0.6 is 0 Å². The molecule has 17 aromatic rings. The quantitative estimate of drug-likeness (QED) is 0.101. The highest BCUT2D eigenvalue weighted by Crippen LogP contribution is 2.41. The molecule has 8 heteroatoms. The van der Waals surface area contributed by atoms with Gasteiger partial charge in [0, 0.05) is 54.3 Å². The molecule has 0 N–H and O–H groups in total. The lowest BCUT2D eigenvalue weighted by Gasteiger charge is -2.17. The molecule has 0 aliphatic carbocycles. The van der Waals surface area contributed by atoms with E-state index in [9.17, 15) is 4.11 Å². The fourth-order valence-electron chi connectivity index (χ4n) is 12.5. The van der Waals surface area contributed by atoms with Crippen LogP contribution in [0.1, 0.15) is 23.4 Å². The Morgan fingerprint density at radius 1 is 0.407 bits per heavy atom. The molecule has 11 aromatic carbocycles. The number of imidazole rings is 1. The van der Waals surface area contributed by atoms with Crippen LogP contribution in [0.5, 0.6) is 11.5 Å². The summed E-state index contributed by atoms with van der Waals surface area (Å²) in [5.41, 5.74) is 8.01. The van der Waals surface area contributed by atoms with Gasteiger partial charge in [-0.05, 0) is 119 Å². The van der Waals surface area contributed by atoms with Crippen molar-refractivity contribution in [2.75, 3.05) is 0 Å². The smallest absolute Gasteiger partial charge is 0.269 e. The Morgan fingerprint density at radius 3 is 1.43 bits per heavy atom. The van der Waals surface area contributed by atoms with Crippen LogP contribution < -0.4 is 9.30 Å². The number of rotatable bonds is 10. The molecule has 0 atom stereocenters. The van der Waals surface area contributed by atoms with E-state index in [1.54, 1.807) is 57.8 Å². The van der Waals surface area contributed by atoms with Crippen molar-refractivity contribution in [2.45, 2.75) is 6.85 Å². The Balaban J connectivity index is 0.799. The van der Waals surface area contributed by atoms with E-state index in [0.29, 0.717) is 62.3 Å². The zero-order chi connectivity index (χ0) is 68.0. The number of hydrogen-bond acceptors (Lipinski definition) is 3. The predicted octanol–water partition coefficient (Wildman–Crippen LogP) is 18.9. The Labute approximate surface area is 513 Å². The largest absolute Gasteiger partial charge is 0.458 e. The van der Waals surface area contributed by atoms with E-state index < -0.39 is 67.3 Å². The van der Waals surface area contributed by atoms with Gasteiger partial charge in [0.1, 0.15) is 29.0 Å². The summed E-state index contributed by atoms with van der Waals surface area (Å²) in [6.45, 7) is -2.64. The Kier molecular flexibility index (Phi) is 8.63. The second-order valence-corrected chi connectivity index (χ2v) is 21.0. The van der Waals surface area contributed by atoms with Crippen LogP contribution in [0.25, 0.3) is 139 Å². The summed E-state index contributed by atoms with van der Waals surface area (Å²) >= 11 is 0. The van der Waals surface area contributed by atoms with E-state index >= 15 is 0 Å². The minimum atomic E-state index is -2.64. The topological polar surface area (TPSA) is 58.6 Å². The third kappa shape index (κ3) is 7.88. The molecule has 0 spiro atoms. The zero-order valence-electron chi connectivity index (χ0n) is 58.5. The number of nitrogens with zero attached hydrogens (tertiary/aromatic N) is 7. The number of aryl methyl sites for hydroxylation is 1. The van der Waals surface area contributed by atoms with Crippen molar-refractivity contribution in [1.29, 1.82) is 0 Å². The lowest BCUT2D eigenvalue weighted by atomic mass is 9.95. The summed E-state index contributed by atoms with van der Waals surface area (Å²) in [6, 6.07) is 65.8. The molecule has 0 aliphatic rings. The van der Waals surface area contributed by atoms with Crippen LogP contribution in [-0.2, 0) is 0 Å². The van der Waals surface area contributed by atoms with Crippen molar-refractivity contribution >= 4 is 76.5 Å². The lowest BCUT2D eigenvalue weighted by Crippen LogP contribution is -2.31. The molecule has 6 heterocycles. The van der Waals surface area contributed by atoms with Crippen LogP contribution in [0.4, 0.5) is 0 Å². The van der Waals surface area contributed by atoms with Crippen molar-refractivity contribution in [1.82, 2.24) is 28.2 Å². The van der Waals surface area contributed by atoms with Gasteiger partial charge in [-0.1, -0.05) is 200 Å². The first-order chi connectivity index (χ1) is 47.9. The maximum absolute atomic E-state index is 9.30. The van der Waals surface area contributed by atoms with Gasteiger partial charge in [0.15, 0.2) is 0 Å². The summed E-state index contributed by atoms with van der Waals surface area (Å²) in [5.74, 6) is 2.39. The van der Waals surface area contributed by atoms with Crippen molar-refractivity contribution in [2.24, 2.45) is 0 Å². The van der Waals surface area contributed by atoms with Gasteiger partial charge < -0.3 is 4.74 Å². The zero-order valence-corrected chi connectivity index (χ0v) is 45.5. The summed E-state index contributed by atoms with van der Waals surface area (Å²) in [6.07, 6.45) is 5.10. The summed E-state index contributed by atoms with van der Waals surface area (Å²) < 4.78 is 132. The standard InChI is InChI=1S/C78H51N7O/c1-51-44-75(79-49-66(51)54-45-76(83-67-35-13-8-28-60(67)61-29-9-14-36-68(61)83)80-77(46-54)84-69-37-15-10-30-62(69)63-31-11-16-38-70(63)84)85-71-39-17-12-32-64(71)65-43-42-57(48-74(65)85)86-56-27-20-26-55(47-56)81-50-82(73-41-19-18-40-72(73)81)78-58(52-22-4-2-5-23-52)33-21-34-59(78)53-24-6-3-7-25-53/h2-49H,1H3/i1D3,2D,3D,4D,5D,6D,7D,22D,23D,24D,25D. The van der Waals surface area contributed by atoms with Gasteiger partial charge in [0.25, 0.3) is 6.33 Å². The number of pyridine rings is 2. The number of benzene rings is 11. The molecule has 0 aliphatic heterocycles.